The van der Waals surface area contributed by atoms with Crippen LogP contribution in [0.1, 0.15) is 13.8 Å². The molecule has 48 valence electrons. The summed E-state index contributed by atoms with van der Waals surface area (Å²) in [4.78, 5) is 2.14. The predicted octanol–water partition coefficient (Wildman–Crippen LogP) is 0.0713. The fourth-order valence-corrected chi connectivity index (χ4v) is 0.860. The highest BCUT2D eigenvalue weighted by Crippen LogP contribution is 2.27. The van der Waals surface area contributed by atoms with Gasteiger partial charge in [-0.1, -0.05) is 0 Å². The van der Waals surface area contributed by atoms with Crippen molar-refractivity contribution < 1.29 is 5.11 Å². The van der Waals surface area contributed by atoms with E-state index in [0.29, 0.717) is 0 Å². The maximum atomic E-state index is 9.10. The SMILES string of the molecule is CN1CC(O)C1(C)C. The van der Waals surface area contributed by atoms with Crippen LogP contribution in [0.25, 0.3) is 0 Å². The van der Waals surface area contributed by atoms with E-state index in [-0.39, 0.29) is 11.6 Å². The maximum absolute atomic E-state index is 9.10. The Kier molecular flexibility index (Phi) is 1.10. The van der Waals surface area contributed by atoms with E-state index in [9.17, 15) is 0 Å². The number of rotatable bonds is 0. The Labute approximate surface area is 50.1 Å². The minimum atomic E-state index is -0.118. The molecule has 0 spiro atoms. The van der Waals surface area contributed by atoms with Gasteiger partial charge in [0.25, 0.3) is 0 Å². The number of aliphatic hydroxyl groups is 1. The van der Waals surface area contributed by atoms with Gasteiger partial charge in [0.2, 0.25) is 0 Å². The first kappa shape index (κ1) is 6.05. The van der Waals surface area contributed by atoms with Crippen LogP contribution in [0.2, 0.25) is 0 Å². The van der Waals surface area contributed by atoms with Crippen molar-refractivity contribution in [2.45, 2.75) is 25.5 Å². The van der Waals surface area contributed by atoms with E-state index in [4.69, 9.17) is 5.11 Å². The number of hydrogen-bond acceptors (Lipinski definition) is 2. The third-order valence-corrected chi connectivity index (χ3v) is 2.25. The Morgan fingerprint density at radius 2 is 2.12 bits per heavy atom. The normalized spacial score (nSPS) is 36.8. The Bertz CT molecular complexity index is 90.7. The molecule has 0 saturated carbocycles. The molecule has 0 radical (unpaired) electrons. The molecule has 8 heavy (non-hydrogen) atoms. The molecule has 0 aliphatic carbocycles. The molecule has 1 saturated heterocycles. The molecular formula is C6H13NO. The first-order valence-corrected chi connectivity index (χ1v) is 2.94. The first-order chi connectivity index (χ1) is 3.55. The highest BCUT2D eigenvalue weighted by molar-refractivity contribution is 4.98. The molecule has 0 aromatic carbocycles. The van der Waals surface area contributed by atoms with Gasteiger partial charge in [0.15, 0.2) is 0 Å². The van der Waals surface area contributed by atoms with Crippen LogP contribution in [-0.4, -0.2) is 35.2 Å². The molecule has 1 atom stereocenters. The number of hydrogen-bond donors (Lipinski definition) is 1. The van der Waals surface area contributed by atoms with E-state index in [1.807, 2.05) is 20.9 Å². The van der Waals surface area contributed by atoms with Crippen molar-refractivity contribution in [2.24, 2.45) is 0 Å². The number of β-amino-alcohol motifs (C(OH)–C–C–N with tert-alkyl or cyclic N) is 1. The summed E-state index contributed by atoms with van der Waals surface area (Å²) in [5, 5.41) is 9.10. The summed E-state index contributed by atoms with van der Waals surface area (Å²) in [6, 6.07) is 0. The number of likely N-dealkylation sites (tertiary alicyclic amines) is 1. The quantitative estimate of drug-likeness (QED) is 0.483. The average Bonchev–Trinajstić information content (AvgIpc) is 1.68. The predicted molar refractivity (Wildman–Crippen MR) is 32.7 cm³/mol. The van der Waals surface area contributed by atoms with Crippen molar-refractivity contribution in [2.75, 3.05) is 13.6 Å². The summed E-state index contributed by atoms with van der Waals surface area (Å²) in [5.41, 5.74) is 0.0278. The van der Waals surface area contributed by atoms with Gasteiger partial charge in [-0.3, -0.25) is 4.90 Å². The number of aliphatic hydroxyl groups excluding tert-OH is 1. The fourth-order valence-electron chi connectivity index (χ4n) is 0.860. The van der Waals surface area contributed by atoms with Crippen molar-refractivity contribution in [1.29, 1.82) is 0 Å². The zero-order valence-corrected chi connectivity index (χ0v) is 5.68. The van der Waals surface area contributed by atoms with Gasteiger partial charge in [-0.2, -0.15) is 0 Å². The van der Waals surface area contributed by atoms with Gasteiger partial charge < -0.3 is 5.11 Å². The van der Waals surface area contributed by atoms with E-state index >= 15 is 0 Å². The van der Waals surface area contributed by atoms with Crippen LogP contribution in [-0.2, 0) is 0 Å². The molecule has 0 amide bonds. The van der Waals surface area contributed by atoms with Gasteiger partial charge in [-0.15, -0.1) is 0 Å². The maximum Gasteiger partial charge on any atom is 0.0845 e. The summed E-state index contributed by atoms with van der Waals surface area (Å²) in [6.45, 7) is 4.91. The molecule has 2 heteroatoms. The van der Waals surface area contributed by atoms with Crippen molar-refractivity contribution in [1.82, 2.24) is 4.90 Å². The molecule has 0 aromatic rings. The monoisotopic (exact) mass is 115 g/mol. The van der Waals surface area contributed by atoms with Gasteiger partial charge in [-0.25, -0.2) is 0 Å². The second-order valence-electron chi connectivity index (χ2n) is 3.05. The van der Waals surface area contributed by atoms with Gasteiger partial charge in [-0.05, 0) is 20.9 Å². The van der Waals surface area contributed by atoms with Gasteiger partial charge >= 0.3 is 0 Å². The van der Waals surface area contributed by atoms with E-state index in [2.05, 4.69) is 4.90 Å². The smallest absolute Gasteiger partial charge is 0.0845 e. The van der Waals surface area contributed by atoms with Gasteiger partial charge in [0.1, 0.15) is 0 Å². The van der Waals surface area contributed by atoms with Gasteiger partial charge in [0, 0.05) is 12.1 Å². The van der Waals surface area contributed by atoms with Crippen LogP contribution < -0.4 is 0 Å². The highest BCUT2D eigenvalue weighted by Gasteiger charge is 2.42. The van der Waals surface area contributed by atoms with E-state index in [1.54, 1.807) is 0 Å². The highest BCUT2D eigenvalue weighted by atomic mass is 16.3. The second kappa shape index (κ2) is 1.45. The van der Waals surface area contributed by atoms with Crippen LogP contribution in [0.5, 0.6) is 0 Å². The Morgan fingerprint density at radius 1 is 1.62 bits per heavy atom. The lowest BCUT2D eigenvalue weighted by molar-refractivity contribution is -0.101. The van der Waals surface area contributed by atoms with Crippen LogP contribution in [0.4, 0.5) is 0 Å². The third-order valence-electron chi connectivity index (χ3n) is 2.25. The molecular weight excluding hydrogens is 102 g/mol. The minimum Gasteiger partial charge on any atom is -0.390 e. The molecule has 1 N–H and O–H groups in total. The van der Waals surface area contributed by atoms with Crippen molar-refractivity contribution in [3.8, 4) is 0 Å². The third kappa shape index (κ3) is 0.565. The summed E-state index contributed by atoms with van der Waals surface area (Å²) in [6.07, 6.45) is -0.118. The lowest BCUT2D eigenvalue weighted by Crippen LogP contribution is -2.65. The molecule has 1 aliphatic rings. The van der Waals surface area contributed by atoms with Crippen LogP contribution >= 0.6 is 0 Å². The molecule has 1 rings (SSSR count). The van der Waals surface area contributed by atoms with Crippen molar-refractivity contribution in [3.05, 3.63) is 0 Å². The van der Waals surface area contributed by atoms with Crippen LogP contribution in [0, 0.1) is 0 Å². The molecule has 1 aliphatic heterocycles. The summed E-state index contributed by atoms with van der Waals surface area (Å²) >= 11 is 0. The molecule has 0 bridgehead atoms. The van der Waals surface area contributed by atoms with E-state index in [0.717, 1.165) is 6.54 Å². The summed E-state index contributed by atoms with van der Waals surface area (Å²) in [5.74, 6) is 0. The fraction of sp³-hybridized carbons (Fsp3) is 1.00. The molecule has 1 unspecified atom stereocenters. The van der Waals surface area contributed by atoms with Crippen LogP contribution in [0.15, 0.2) is 0 Å². The molecule has 1 heterocycles. The van der Waals surface area contributed by atoms with E-state index < -0.39 is 0 Å². The van der Waals surface area contributed by atoms with E-state index in [1.165, 1.54) is 0 Å². The summed E-state index contributed by atoms with van der Waals surface area (Å²) < 4.78 is 0. The average molecular weight is 115 g/mol. The largest absolute Gasteiger partial charge is 0.390 e. The standard InChI is InChI=1S/C6H13NO/c1-6(2)5(8)4-7(6)3/h5,8H,4H2,1-3H3. The Hall–Kier alpha value is -0.0800. The number of nitrogens with zero attached hydrogens (tertiary/aromatic N) is 1. The first-order valence-electron chi connectivity index (χ1n) is 2.94. The minimum absolute atomic E-state index is 0.0278. The zero-order valence-electron chi connectivity index (χ0n) is 5.68. The zero-order chi connectivity index (χ0) is 6.36. The number of likely N-dealkylation sites (N-methyl/N-ethyl adjacent to an activating group) is 1. The van der Waals surface area contributed by atoms with Crippen molar-refractivity contribution in [3.63, 3.8) is 0 Å². The Morgan fingerprint density at radius 3 is 2.12 bits per heavy atom. The van der Waals surface area contributed by atoms with Gasteiger partial charge in [0.05, 0.1) is 6.10 Å². The Balaban J connectivity index is 2.52. The lowest BCUT2D eigenvalue weighted by atomic mass is 9.87. The topological polar surface area (TPSA) is 23.5 Å². The summed E-state index contributed by atoms with van der Waals surface area (Å²) in [7, 11) is 2.02. The molecule has 1 fully saturated rings. The second-order valence-corrected chi connectivity index (χ2v) is 3.05. The lowest BCUT2D eigenvalue weighted by Gasteiger charge is -2.50. The molecule has 0 aromatic heterocycles. The van der Waals surface area contributed by atoms with Crippen LogP contribution in [0.3, 0.4) is 0 Å². The van der Waals surface area contributed by atoms with Crippen molar-refractivity contribution >= 4 is 0 Å². The molecule has 2 nitrogen and oxygen atoms in total.